The van der Waals surface area contributed by atoms with Crippen LogP contribution in [0.5, 0.6) is 5.75 Å². The predicted octanol–water partition coefficient (Wildman–Crippen LogP) is 4.04. The minimum atomic E-state index is -0.119. The number of benzene rings is 1. The van der Waals surface area contributed by atoms with Crippen molar-refractivity contribution in [2.24, 2.45) is 11.8 Å². The van der Waals surface area contributed by atoms with E-state index in [0.717, 1.165) is 31.6 Å². The third kappa shape index (κ3) is 3.61. The largest absolute Gasteiger partial charge is 0.508 e. The smallest absolute Gasteiger partial charge is 0.305 e. The molecular formula is C23H33NO3. The highest BCUT2D eigenvalue weighted by Crippen LogP contribution is 2.52. The fourth-order valence-electron chi connectivity index (χ4n) is 5.79. The molecule has 1 unspecified atom stereocenters. The molecular weight excluding hydrogens is 338 g/mol. The first-order chi connectivity index (χ1) is 13.0. The van der Waals surface area contributed by atoms with E-state index >= 15 is 0 Å². The van der Waals surface area contributed by atoms with Gasteiger partial charge < -0.3 is 9.84 Å². The summed E-state index contributed by atoms with van der Waals surface area (Å²) in [6.07, 6.45) is 8.54. The highest BCUT2D eigenvalue weighted by Gasteiger charge is 2.49. The lowest BCUT2D eigenvalue weighted by atomic mass is 9.58. The number of fused-ring (bicyclic) bond motifs is 4. The lowest BCUT2D eigenvalue weighted by molar-refractivity contribution is -0.140. The third-order valence-electron chi connectivity index (χ3n) is 7.47. The molecule has 0 radical (unpaired) electrons. The number of phenols is 1. The van der Waals surface area contributed by atoms with E-state index in [9.17, 15) is 9.90 Å². The summed E-state index contributed by atoms with van der Waals surface area (Å²) in [5.74, 6) is 1.69. The van der Waals surface area contributed by atoms with Crippen LogP contribution >= 0.6 is 0 Å². The summed E-state index contributed by atoms with van der Waals surface area (Å²) in [5, 5.41) is 10.2. The van der Waals surface area contributed by atoms with Crippen LogP contribution in [0, 0.1) is 11.8 Å². The van der Waals surface area contributed by atoms with Crippen molar-refractivity contribution >= 4 is 5.97 Å². The summed E-state index contributed by atoms with van der Waals surface area (Å²) in [6.45, 7) is 4.85. The van der Waals surface area contributed by atoms with Crippen LogP contribution in [0.15, 0.2) is 18.2 Å². The Morgan fingerprint density at radius 2 is 2.19 bits per heavy atom. The topological polar surface area (TPSA) is 49.8 Å². The Hall–Kier alpha value is -1.55. The summed E-state index contributed by atoms with van der Waals surface area (Å²) >= 11 is 0. The van der Waals surface area contributed by atoms with Gasteiger partial charge in [-0.15, -0.1) is 0 Å². The molecule has 4 heteroatoms. The zero-order valence-electron chi connectivity index (χ0n) is 16.7. The molecule has 2 aliphatic carbocycles. The summed E-state index contributed by atoms with van der Waals surface area (Å²) in [7, 11) is 1.47. The van der Waals surface area contributed by atoms with Crippen LogP contribution in [0.4, 0.5) is 0 Å². The van der Waals surface area contributed by atoms with Crippen LogP contribution in [-0.2, 0) is 21.4 Å². The summed E-state index contributed by atoms with van der Waals surface area (Å²) in [4.78, 5) is 14.4. The van der Waals surface area contributed by atoms with Gasteiger partial charge in [-0.05, 0) is 92.0 Å². The van der Waals surface area contributed by atoms with Gasteiger partial charge in [0.15, 0.2) is 0 Å². The van der Waals surface area contributed by atoms with Crippen molar-refractivity contribution in [3.8, 4) is 5.75 Å². The number of aromatic hydroxyl groups is 1. The van der Waals surface area contributed by atoms with Crippen LogP contribution in [0.3, 0.4) is 0 Å². The Morgan fingerprint density at radius 1 is 1.37 bits per heavy atom. The van der Waals surface area contributed by atoms with E-state index in [1.165, 1.54) is 50.6 Å². The quantitative estimate of drug-likeness (QED) is 0.767. The molecule has 1 N–H and O–H groups in total. The van der Waals surface area contributed by atoms with Gasteiger partial charge in [-0.1, -0.05) is 13.0 Å². The second-order valence-electron chi connectivity index (χ2n) is 9.03. The average Bonchev–Trinajstić information content (AvgIpc) is 3.47. The molecule has 3 atom stereocenters. The molecule has 3 aliphatic rings. The van der Waals surface area contributed by atoms with E-state index in [1.807, 2.05) is 12.1 Å². The zero-order chi connectivity index (χ0) is 19.0. The summed E-state index contributed by atoms with van der Waals surface area (Å²) in [6, 6.07) is 6.56. The lowest BCUT2D eigenvalue weighted by Gasteiger charge is -2.49. The molecule has 1 heterocycles. The monoisotopic (exact) mass is 371 g/mol. The maximum absolute atomic E-state index is 11.7. The Balaban J connectivity index is 1.66. The van der Waals surface area contributed by atoms with Crippen molar-refractivity contribution in [1.29, 1.82) is 0 Å². The van der Waals surface area contributed by atoms with Gasteiger partial charge >= 0.3 is 5.97 Å². The average molecular weight is 372 g/mol. The molecule has 1 aromatic rings. The highest BCUT2D eigenvalue weighted by molar-refractivity contribution is 5.69. The Morgan fingerprint density at radius 3 is 2.93 bits per heavy atom. The number of hydrogen-bond donors (Lipinski definition) is 1. The first-order valence-corrected chi connectivity index (χ1v) is 10.7. The molecule has 2 fully saturated rings. The minimum absolute atomic E-state index is 0.0588. The predicted molar refractivity (Wildman–Crippen MR) is 106 cm³/mol. The number of carbonyl (C=O) groups excluding carboxylic acids is 1. The number of methoxy groups -OCH3 is 1. The van der Waals surface area contributed by atoms with Crippen LogP contribution in [0.25, 0.3) is 0 Å². The Kier molecular flexibility index (Phi) is 5.19. The normalized spacial score (nSPS) is 30.4. The number of likely N-dealkylation sites (tertiary alicyclic amines) is 1. The maximum atomic E-state index is 11.7. The number of esters is 1. The molecule has 0 aromatic heterocycles. The summed E-state index contributed by atoms with van der Waals surface area (Å²) in [5.41, 5.74) is 2.80. The van der Waals surface area contributed by atoms with E-state index in [0.29, 0.717) is 24.1 Å². The van der Waals surface area contributed by atoms with Gasteiger partial charge in [0.25, 0.3) is 0 Å². The van der Waals surface area contributed by atoms with E-state index in [2.05, 4.69) is 17.9 Å². The first-order valence-electron chi connectivity index (χ1n) is 10.7. The van der Waals surface area contributed by atoms with Gasteiger partial charge in [-0.2, -0.15) is 0 Å². The third-order valence-corrected chi connectivity index (χ3v) is 7.47. The molecule has 0 amide bonds. The van der Waals surface area contributed by atoms with Crippen molar-refractivity contribution in [1.82, 2.24) is 4.90 Å². The van der Waals surface area contributed by atoms with Gasteiger partial charge in [0.2, 0.25) is 0 Å². The van der Waals surface area contributed by atoms with Crippen molar-refractivity contribution in [3.63, 3.8) is 0 Å². The van der Waals surface area contributed by atoms with Gasteiger partial charge in [-0.3, -0.25) is 9.69 Å². The van der Waals surface area contributed by atoms with Crippen molar-refractivity contribution in [2.75, 3.05) is 20.2 Å². The molecule has 0 spiro atoms. The number of hydrogen-bond acceptors (Lipinski definition) is 4. The van der Waals surface area contributed by atoms with Crippen LogP contribution in [0.1, 0.15) is 63.0 Å². The van der Waals surface area contributed by atoms with Gasteiger partial charge in [0, 0.05) is 19.0 Å². The van der Waals surface area contributed by atoms with Crippen molar-refractivity contribution in [2.45, 2.75) is 69.7 Å². The maximum Gasteiger partial charge on any atom is 0.305 e. The molecule has 1 saturated carbocycles. The van der Waals surface area contributed by atoms with Crippen LogP contribution < -0.4 is 0 Å². The summed E-state index contributed by atoms with van der Waals surface area (Å²) < 4.78 is 4.86. The molecule has 4 rings (SSSR count). The van der Waals surface area contributed by atoms with Crippen LogP contribution in [0.2, 0.25) is 0 Å². The lowest BCUT2D eigenvalue weighted by Crippen LogP contribution is -2.51. The fourth-order valence-corrected chi connectivity index (χ4v) is 5.79. The molecule has 148 valence electrons. The molecule has 27 heavy (non-hydrogen) atoms. The van der Waals surface area contributed by atoms with E-state index < -0.39 is 0 Å². The number of carbonyl (C=O) groups is 1. The Labute approximate surface area is 162 Å². The number of ether oxygens (including phenoxy) is 1. The molecule has 2 bridgehead atoms. The van der Waals surface area contributed by atoms with Crippen molar-refractivity contribution in [3.05, 3.63) is 29.3 Å². The standard InChI is InChI=1S/C23H33NO3/c1-16-21-13-18-8-9-19(25)14-20(18)23(16,10-3-5-22(26)27-2)11-4-12-24(21)15-17-6-7-17/h8-9,14,16-17,21,25H,3-7,10-13,15H2,1-2H3/t16-,21+,23?/m0/s1. The Bertz CT molecular complexity index is 699. The van der Waals surface area contributed by atoms with E-state index in [4.69, 9.17) is 4.74 Å². The molecule has 4 nitrogen and oxygen atoms in total. The highest BCUT2D eigenvalue weighted by atomic mass is 16.5. The minimum Gasteiger partial charge on any atom is -0.508 e. The number of nitrogens with zero attached hydrogens (tertiary/aromatic N) is 1. The van der Waals surface area contributed by atoms with Crippen LogP contribution in [-0.4, -0.2) is 42.2 Å². The van der Waals surface area contributed by atoms with Gasteiger partial charge in [0.1, 0.15) is 5.75 Å². The number of rotatable bonds is 6. The number of phenolic OH excluding ortho intramolecular Hbond substituents is 1. The van der Waals surface area contributed by atoms with Crippen molar-refractivity contribution < 1.29 is 14.6 Å². The van der Waals surface area contributed by atoms with Gasteiger partial charge in [-0.25, -0.2) is 0 Å². The SMILES string of the molecule is COC(=O)CCCC12CCCN(CC3CC3)[C@H](Cc3ccc(O)cc31)[C@@H]2C. The molecule has 1 saturated heterocycles. The second kappa shape index (κ2) is 7.46. The second-order valence-corrected chi connectivity index (χ2v) is 9.03. The fraction of sp³-hybridized carbons (Fsp3) is 0.696. The zero-order valence-corrected chi connectivity index (χ0v) is 16.7. The van der Waals surface area contributed by atoms with E-state index in [1.54, 1.807) is 0 Å². The van der Waals surface area contributed by atoms with E-state index in [-0.39, 0.29) is 11.4 Å². The molecule has 1 aromatic carbocycles. The van der Waals surface area contributed by atoms with Gasteiger partial charge in [0.05, 0.1) is 7.11 Å². The first kappa shape index (κ1) is 18.8. The molecule has 1 aliphatic heterocycles.